The highest BCUT2D eigenvalue weighted by molar-refractivity contribution is 5.70. The highest BCUT2D eigenvalue weighted by atomic mass is 14.6. The minimum atomic E-state index is 0.0258. The third-order valence-electron chi connectivity index (χ3n) is 9.23. The van der Waals surface area contributed by atoms with Crippen molar-refractivity contribution < 1.29 is 0 Å². The maximum atomic E-state index is 2.58. The number of fused-ring (bicyclic) bond motifs is 2. The van der Waals surface area contributed by atoms with Gasteiger partial charge in [-0.15, -0.1) is 0 Å². The van der Waals surface area contributed by atoms with Crippen LogP contribution in [-0.2, 0) is 5.41 Å². The van der Waals surface area contributed by atoms with Crippen LogP contribution >= 0.6 is 0 Å². The average molecular weight is 470 g/mol. The number of allylic oxidation sites excluding steroid dienone is 12. The second-order valence-electron chi connectivity index (χ2n) is 11.6. The van der Waals surface area contributed by atoms with Crippen LogP contribution in [0, 0.1) is 29.6 Å². The van der Waals surface area contributed by atoms with Crippen LogP contribution in [0.15, 0.2) is 126 Å². The van der Waals surface area contributed by atoms with Crippen molar-refractivity contribution in [2.24, 2.45) is 23.2 Å². The van der Waals surface area contributed by atoms with Gasteiger partial charge in [-0.3, -0.25) is 0 Å². The number of benzene rings is 2. The molecule has 3 atom stereocenters. The highest BCUT2D eigenvalue weighted by Crippen LogP contribution is 2.65. The Morgan fingerprint density at radius 3 is 2.11 bits per heavy atom. The molecule has 0 amide bonds. The molecule has 2 bridgehead atoms. The summed E-state index contributed by atoms with van der Waals surface area (Å²) in [6.45, 7) is 7.36. The normalized spacial score (nSPS) is 30.9. The Labute approximate surface area is 217 Å². The standard InChI is InChI=1S/C36H37/c1-26-23-35(3)25-36(31-20-8-5-9-21-31,33(26)22-28-14-10-11-15-28)24-32(30-18-12-13-19-30)34(35)27(2)29-16-6-4-7-17-29/h4-22,28,30,32H,23-25H2,1-3H3/q+1/b34-27+. The Kier molecular flexibility index (Phi) is 5.79. The van der Waals surface area contributed by atoms with Crippen molar-refractivity contribution in [1.82, 2.24) is 0 Å². The molecule has 0 heterocycles. The average Bonchev–Trinajstić information content (AvgIpc) is 3.61. The first-order valence-corrected chi connectivity index (χ1v) is 13.6. The summed E-state index contributed by atoms with van der Waals surface area (Å²) in [6, 6.07) is 22.5. The maximum absolute atomic E-state index is 2.58. The van der Waals surface area contributed by atoms with E-state index in [0.29, 0.717) is 17.8 Å². The van der Waals surface area contributed by atoms with Crippen molar-refractivity contribution in [2.75, 3.05) is 0 Å². The molecule has 0 saturated heterocycles. The molecular weight excluding hydrogens is 432 g/mol. The van der Waals surface area contributed by atoms with E-state index >= 15 is 0 Å². The summed E-state index contributed by atoms with van der Waals surface area (Å²) in [5.41, 5.74) is 9.32. The van der Waals surface area contributed by atoms with Gasteiger partial charge in [-0.2, -0.15) is 0 Å². The predicted octanol–water partition coefficient (Wildman–Crippen LogP) is 9.22. The topological polar surface area (TPSA) is 0 Å². The smallest absolute Gasteiger partial charge is 0.0770 e. The molecule has 0 aromatic heterocycles. The molecule has 3 unspecified atom stereocenters. The van der Waals surface area contributed by atoms with Gasteiger partial charge < -0.3 is 0 Å². The maximum Gasteiger partial charge on any atom is 0.116 e. The van der Waals surface area contributed by atoms with Crippen molar-refractivity contribution in [3.63, 3.8) is 0 Å². The summed E-state index contributed by atoms with van der Waals surface area (Å²) >= 11 is 0. The highest BCUT2D eigenvalue weighted by Gasteiger charge is 2.59. The molecule has 0 aliphatic heterocycles. The van der Waals surface area contributed by atoms with Crippen molar-refractivity contribution in [1.29, 1.82) is 0 Å². The number of hydrogen-bond donors (Lipinski definition) is 0. The summed E-state index contributed by atoms with van der Waals surface area (Å²) < 4.78 is 0. The quantitative estimate of drug-likeness (QED) is 0.383. The van der Waals surface area contributed by atoms with Gasteiger partial charge in [0.15, 0.2) is 0 Å². The van der Waals surface area contributed by atoms with Crippen LogP contribution < -0.4 is 0 Å². The molecule has 4 aliphatic carbocycles. The van der Waals surface area contributed by atoms with E-state index in [2.05, 4.69) is 136 Å². The minimum absolute atomic E-state index is 0.0258. The van der Waals surface area contributed by atoms with Crippen LogP contribution in [-0.4, -0.2) is 0 Å². The van der Waals surface area contributed by atoms with Crippen LogP contribution in [0.25, 0.3) is 5.57 Å². The summed E-state index contributed by atoms with van der Waals surface area (Å²) in [5.74, 6) is 1.32. The molecular formula is C36H37+. The Morgan fingerprint density at radius 1 is 0.833 bits per heavy atom. The Balaban J connectivity index is 1.57. The van der Waals surface area contributed by atoms with Crippen molar-refractivity contribution in [2.45, 2.75) is 45.4 Å². The monoisotopic (exact) mass is 469 g/mol. The molecule has 180 valence electrons. The third kappa shape index (κ3) is 3.79. The molecule has 4 aliphatic rings. The Bertz CT molecular complexity index is 1290. The zero-order valence-electron chi connectivity index (χ0n) is 21.8. The van der Waals surface area contributed by atoms with E-state index in [1.54, 1.807) is 16.7 Å². The summed E-state index contributed by atoms with van der Waals surface area (Å²) in [4.78, 5) is 0. The molecule has 2 aromatic rings. The van der Waals surface area contributed by atoms with E-state index < -0.39 is 0 Å². The van der Waals surface area contributed by atoms with E-state index in [0.717, 1.165) is 12.8 Å². The third-order valence-corrected chi connectivity index (χ3v) is 9.23. The van der Waals surface area contributed by atoms with Crippen molar-refractivity contribution >= 4 is 5.57 Å². The Morgan fingerprint density at radius 2 is 1.44 bits per heavy atom. The number of rotatable bonds is 5. The van der Waals surface area contributed by atoms with E-state index in [-0.39, 0.29) is 10.8 Å². The van der Waals surface area contributed by atoms with Gasteiger partial charge in [-0.1, -0.05) is 122 Å². The van der Waals surface area contributed by atoms with Gasteiger partial charge >= 0.3 is 0 Å². The molecule has 0 spiro atoms. The molecule has 0 nitrogen and oxygen atoms in total. The lowest BCUT2D eigenvalue weighted by atomic mass is 9.45. The van der Waals surface area contributed by atoms with Gasteiger partial charge in [-0.25, -0.2) is 0 Å². The van der Waals surface area contributed by atoms with E-state index in [1.807, 2.05) is 0 Å². The minimum Gasteiger partial charge on any atom is -0.0770 e. The summed E-state index contributed by atoms with van der Waals surface area (Å²) in [6.07, 6.45) is 24.5. The van der Waals surface area contributed by atoms with Gasteiger partial charge in [0.25, 0.3) is 0 Å². The van der Waals surface area contributed by atoms with Gasteiger partial charge in [0.2, 0.25) is 0 Å². The fourth-order valence-corrected chi connectivity index (χ4v) is 8.02. The fraction of sp³-hybridized carbons (Fsp3) is 0.306. The van der Waals surface area contributed by atoms with Crippen molar-refractivity contribution in [3.8, 4) is 0 Å². The van der Waals surface area contributed by atoms with Gasteiger partial charge in [-0.05, 0) is 42.4 Å². The zero-order valence-corrected chi connectivity index (χ0v) is 21.8. The second-order valence-corrected chi connectivity index (χ2v) is 11.6. The first-order valence-electron chi connectivity index (χ1n) is 13.6. The molecule has 0 radical (unpaired) electrons. The molecule has 6 rings (SSSR count). The predicted molar refractivity (Wildman–Crippen MR) is 153 cm³/mol. The van der Waals surface area contributed by atoms with E-state index in [9.17, 15) is 0 Å². The molecule has 1 saturated carbocycles. The van der Waals surface area contributed by atoms with Gasteiger partial charge in [0, 0.05) is 24.7 Å². The second kappa shape index (κ2) is 9.00. The van der Waals surface area contributed by atoms with Gasteiger partial charge in [0.1, 0.15) is 5.57 Å². The zero-order chi connectivity index (χ0) is 24.8. The van der Waals surface area contributed by atoms with Crippen LogP contribution in [0.5, 0.6) is 0 Å². The fourth-order valence-electron chi connectivity index (χ4n) is 8.02. The first kappa shape index (κ1) is 23.2. The molecule has 0 heteroatoms. The van der Waals surface area contributed by atoms with Crippen LogP contribution in [0.3, 0.4) is 0 Å². The Hall–Kier alpha value is -3.25. The lowest BCUT2D eigenvalue weighted by Crippen LogP contribution is -2.50. The molecule has 2 aromatic carbocycles. The van der Waals surface area contributed by atoms with Crippen LogP contribution in [0.1, 0.15) is 51.2 Å². The van der Waals surface area contributed by atoms with Gasteiger partial charge in [0.05, 0.1) is 23.3 Å². The van der Waals surface area contributed by atoms with E-state index in [1.165, 1.54) is 23.1 Å². The van der Waals surface area contributed by atoms with Crippen LogP contribution in [0.2, 0.25) is 0 Å². The summed E-state index contributed by atoms with van der Waals surface area (Å²) in [7, 11) is 0. The summed E-state index contributed by atoms with van der Waals surface area (Å²) in [5, 5.41) is 0. The molecule has 1 fully saturated rings. The van der Waals surface area contributed by atoms with Crippen LogP contribution in [0.4, 0.5) is 0 Å². The van der Waals surface area contributed by atoms with Crippen molar-refractivity contribution in [3.05, 3.63) is 144 Å². The number of hydrogen-bond acceptors (Lipinski definition) is 0. The SMILES string of the molecule is CC1=C([CH+]C2C=CC=C2)C2(c3ccccc3)CC(C3C=CC=C3)/C(=C(/C)c3ccccc3)C(C)(C1)C2. The molecule has 36 heavy (non-hydrogen) atoms. The largest absolute Gasteiger partial charge is 0.116 e. The lowest BCUT2D eigenvalue weighted by Gasteiger charge is -2.55. The lowest BCUT2D eigenvalue weighted by molar-refractivity contribution is 0.146. The first-order chi connectivity index (χ1) is 17.5. The molecule has 0 N–H and O–H groups in total. The van der Waals surface area contributed by atoms with E-state index in [4.69, 9.17) is 0 Å².